The van der Waals surface area contributed by atoms with E-state index in [-0.39, 0.29) is 36.4 Å². The maximum Gasteiger partial charge on any atom is 0.309 e. The van der Waals surface area contributed by atoms with Gasteiger partial charge in [0, 0.05) is 6.42 Å². The molecular formula is C14H24O4. The lowest BCUT2D eigenvalue weighted by Crippen LogP contribution is -2.37. The molecule has 0 N–H and O–H groups in total. The Balaban J connectivity index is 2.71. The third-order valence-corrected chi connectivity index (χ3v) is 3.59. The molecule has 104 valence electrons. The van der Waals surface area contributed by atoms with Gasteiger partial charge in [0.2, 0.25) is 0 Å². The van der Waals surface area contributed by atoms with Crippen molar-refractivity contribution in [2.45, 2.75) is 58.7 Å². The predicted molar refractivity (Wildman–Crippen MR) is 68.2 cm³/mol. The first-order valence-corrected chi connectivity index (χ1v) is 6.88. The number of hydrogen-bond acceptors (Lipinski definition) is 4. The number of rotatable bonds is 6. The first-order valence-electron chi connectivity index (χ1n) is 6.88. The minimum Gasteiger partial charge on any atom is -0.466 e. The van der Waals surface area contributed by atoms with Crippen LogP contribution in [0.25, 0.3) is 0 Å². The van der Waals surface area contributed by atoms with Crippen LogP contribution in [0.2, 0.25) is 0 Å². The summed E-state index contributed by atoms with van der Waals surface area (Å²) < 4.78 is 10.9. The SMILES string of the molecule is CCOC(=O)[C@H](CC=O)[C@H]1C[C@@H](CC)O[C@H](C)C1. The lowest BCUT2D eigenvalue weighted by molar-refractivity contribution is -0.155. The summed E-state index contributed by atoms with van der Waals surface area (Å²) in [6.45, 7) is 6.26. The minimum atomic E-state index is -0.303. The third-order valence-electron chi connectivity index (χ3n) is 3.59. The maximum absolute atomic E-state index is 11.9. The predicted octanol–water partition coefficient (Wildman–Crippen LogP) is 2.35. The van der Waals surface area contributed by atoms with E-state index in [0.717, 1.165) is 25.5 Å². The van der Waals surface area contributed by atoms with Crippen molar-refractivity contribution in [2.75, 3.05) is 6.61 Å². The second-order valence-corrected chi connectivity index (χ2v) is 4.97. The molecular weight excluding hydrogens is 232 g/mol. The molecule has 1 heterocycles. The average Bonchev–Trinajstić information content (AvgIpc) is 2.35. The Kier molecular flexibility index (Phi) is 6.33. The fraction of sp³-hybridized carbons (Fsp3) is 0.857. The van der Waals surface area contributed by atoms with Crippen LogP contribution in [-0.4, -0.2) is 31.1 Å². The molecule has 0 aromatic heterocycles. The smallest absolute Gasteiger partial charge is 0.309 e. The molecule has 4 nitrogen and oxygen atoms in total. The van der Waals surface area contributed by atoms with Crippen molar-refractivity contribution < 1.29 is 19.1 Å². The first-order chi connectivity index (χ1) is 8.62. The summed E-state index contributed by atoms with van der Waals surface area (Å²) in [5.74, 6) is -0.343. The highest BCUT2D eigenvalue weighted by Gasteiger charge is 2.35. The molecule has 0 aromatic carbocycles. The van der Waals surface area contributed by atoms with Crippen molar-refractivity contribution >= 4 is 12.3 Å². The molecule has 4 heteroatoms. The Labute approximate surface area is 109 Å². The van der Waals surface area contributed by atoms with E-state index in [9.17, 15) is 9.59 Å². The van der Waals surface area contributed by atoms with Gasteiger partial charge in [0.15, 0.2) is 0 Å². The third kappa shape index (κ3) is 4.09. The van der Waals surface area contributed by atoms with Crippen molar-refractivity contribution in [1.29, 1.82) is 0 Å². The fourth-order valence-corrected chi connectivity index (χ4v) is 2.73. The average molecular weight is 256 g/mol. The molecule has 0 bridgehead atoms. The Morgan fingerprint density at radius 1 is 1.44 bits per heavy atom. The second-order valence-electron chi connectivity index (χ2n) is 4.97. The van der Waals surface area contributed by atoms with E-state index in [1.807, 2.05) is 6.92 Å². The monoisotopic (exact) mass is 256 g/mol. The second kappa shape index (κ2) is 7.52. The Morgan fingerprint density at radius 2 is 2.17 bits per heavy atom. The normalized spacial score (nSPS) is 29.6. The summed E-state index contributed by atoms with van der Waals surface area (Å²) in [5, 5.41) is 0. The van der Waals surface area contributed by atoms with Crippen LogP contribution < -0.4 is 0 Å². The van der Waals surface area contributed by atoms with Crippen LogP contribution in [-0.2, 0) is 19.1 Å². The number of carbonyl (C=O) groups excluding carboxylic acids is 2. The number of hydrogen-bond donors (Lipinski definition) is 0. The molecule has 0 aliphatic carbocycles. The van der Waals surface area contributed by atoms with Gasteiger partial charge in [0.05, 0.1) is 24.7 Å². The topological polar surface area (TPSA) is 52.6 Å². The molecule has 4 atom stereocenters. The van der Waals surface area contributed by atoms with E-state index in [2.05, 4.69) is 6.92 Å². The van der Waals surface area contributed by atoms with Gasteiger partial charge in [-0.1, -0.05) is 6.92 Å². The van der Waals surface area contributed by atoms with Gasteiger partial charge in [-0.05, 0) is 39.0 Å². The van der Waals surface area contributed by atoms with E-state index >= 15 is 0 Å². The van der Waals surface area contributed by atoms with E-state index in [1.165, 1.54) is 0 Å². The fourth-order valence-electron chi connectivity index (χ4n) is 2.73. The van der Waals surface area contributed by atoms with Gasteiger partial charge in [-0.15, -0.1) is 0 Å². The number of ether oxygens (including phenoxy) is 2. The van der Waals surface area contributed by atoms with Gasteiger partial charge >= 0.3 is 5.97 Å². The van der Waals surface area contributed by atoms with E-state index in [4.69, 9.17) is 9.47 Å². The molecule has 0 spiro atoms. The van der Waals surface area contributed by atoms with Crippen LogP contribution in [0.15, 0.2) is 0 Å². The van der Waals surface area contributed by atoms with Gasteiger partial charge < -0.3 is 14.3 Å². The summed E-state index contributed by atoms with van der Waals surface area (Å²) in [6.07, 6.45) is 4.04. The molecule has 0 aromatic rings. The summed E-state index contributed by atoms with van der Waals surface area (Å²) >= 11 is 0. The molecule has 0 amide bonds. The highest BCUT2D eigenvalue weighted by molar-refractivity contribution is 5.75. The maximum atomic E-state index is 11.9. The molecule has 18 heavy (non-hydrogen) atoms. The van der Waals surface area contributed by atoms with Crippen molar-refractivity contribution in [2.24, 2.45) is 11.8 Å². The zero-order chi connectivity index (χ0) is 13.5. The standard InChI is InChI=1S/C14H24O4/c1-4-12-9-11(8-10(3)18-12)13(6-7-15)14(16)17-5-2/h7,10-13H,4-6,8-9H2,1-3H3/t10-,11-,12-,13-/m1/s1. The summed E-state index contributed by atoms with van der Waals surface area (Å²) in [5.41, 5.74) is 0. The van der Waals surface area contributed by atoms with Crippen LogP contribution in [0, 0.1) is 11.8 Å². The largest absolute Gasteiger partial charge is 0.466 e. The molecule has 0 unspecified atom stereocenters. The molecule has 1 aliphatic heterocycles. The van der Waals surface area contributed by atoms with Gasteiger partial charge in [-0.3, -0.25) is 4.79 Å². The zero-order valence-corrected chi connectivity index (χ0v) is 11.6. The van der Waals surface area contributed by atoms with Gasteiger partial charge in [-0.25, -0.2) is 0 Å². The van der Waals surface area contributed by atoms with E-state index in [1.54, 1.807) is 6.92 Å². The van der Waals surface area contributed by atoms with Gasteiger partial charge in [0.25, 0.3) is 0 Å². The quantitative estimate of drug-likeness (QED) is 0.540. The Bertz CT molecular complexity index is 277. The van der Waals surface area contributed by atoms with Crippen LogP contribution in [0.1, 0.15) is 46.5 Å². The minimum absolute atomic E-state index is 0.150. The molecule has 1 fully saturated rings. The van der Waals surface area contributed by atoms with Crippen molar-refractivity contribution in [3.8, 4) is 0 Å². The van der Waals surface area contributed by atoms with Gasteiger partial charge in [-0.2, -0.15) is 0 Å². The number of carbonyl (C=O) groups is 2. The first kappa shape index (κ1) is 15.2. The summed E-state index contributed by atoms with van der Waals surface area (Å²) in [7, 11) is 0. The van der Waals surface area contributed by atoms with Crippen LogP contribution >= 0.6 is 0 Å². The van der Waals surface area contributed by atoms with Crippen LogP contribution in [0.3, 0.4) is 0 Å². The highest BCUT2D eigenvalue weighted by atomic mass is 16.5. The molecule has 0 saturated carbocycles. The Morgan fingerprint density at radius 3 is 2.72 bits per heavy atom. The van der Waals surface area contributed by atoms with Crippen molar-refractivity contribution in [3.63, 3.8) is 0 Å². The molecule has 1 saturated heterocycles. The van der Waals surface area contributed by atoms with Crippen LogP contribution in [0.5, 0.6) is 0 Å². The van der Waals surface area contributed by atoms with E-state index in [0.29, 0.717) is 6.61 Å². The highest BCUT2D eigenvalue weighted by Crippen LogP contribution is 2.33. The Hall–Kier alpha value is -0.900. The van der Waals surface area contributed by atoms with Crippen molar-refractivity contribution in [1.82, 2.24) is 0 Å². The summed E-state index contributed by atoms with van der Waals surface area (Å²) in [4.78, 5) is 22.7. The van der Waals surface area contributed by atoms with Crippen LogP contribution in [0.4, 0.5) is 0 Å². The molecule has 1 rings (SSSR count). The van der Waals surface area contributed by atoms with Crippen molar-refractivity contribution in [3.05, 3.63) is 0 Å². The lowest BCUT2D eigenvalue weighted by Gasteiger charge is -2.36. The lowest BCUT2D eigenvalue weighted by atomic mass is 9.79. The zero-order valence-electron chi connectivity index (χ0n) is 11.6. The number of esters is 1. The van der Waals surface area contributed by atoms with Gasteiger partial charge in [0.1, 0.15) is 6.29 Å². The molecule has 1 aliphatic rings. The molecule has 0 radical (unpaired) electrons. The van der Waals surface area contributed by atoms with E-state index < -0.39 is 0 Å². The summed E-state index contributed by atoms with van der Waals surface area (Å²) in [6, 6.07) is 0. The number of aldehydes is 1.